The molecule has 20 heavy (non-hydrogen) atoms. The number of benzene rings is 1. The maximum absolute atomic E-state index is 4.49. The van der Waals surface area contributed by atoms with Crippen LogP contribution in [0.3, 0.4) is 0 Å². The van der Waals surface area contributed by atoms with Crippen LogP contribution in [-0.4, -0.2) is 29.4 Å². The number of aromatic nitrogens is 1. The molecule has 4 heteroatoms. The van der Waals surface area contributed by atoms with Gasteiger partial charge in [-0.3, -0.25) is 9.21 Å². The van der Waals surface area contributed by atoms with Crippen molar-refractivity contribution in [1.29, 1.82) is 0 Å². The van der Waals surface area contributed by atoms with E-state index in [1.54, 1.807) is 11.9 Å². The number of hydrogen-bond donors (Lipinski definition) is 0. The van der Waals surface area contributed by atoms with E-state index in [2.05, 4.69) is 59.5 Å². The highest BCUT2D eigenvalue weighted by atomic mass is 32.2. The minimum absolute atomic E-state index is 0.414. The van der Waals surface area contributed by atoms with Gasteiger partial charge in [0.15, 0.2) is 0 Å². The van der Waals surface area contributed by atoms with Crippen molar-refractivity contribution in [2.45, 2.75) is 18.7 Å². The largest absolute Gasteiger partial charge is 0.296 e. The summed E-state index contributed by atoms with van der Waals surface area (Å²) in [5.41, 5.74) is 1.15. The van der Waals surface area contributed by atoms with E-state index in [0.717, 1.165) is 17.9 Å². The third-order valence-electron chi connectivity index (χ3n) is 3.00. The first-order valence-corrected chi connectivity index (χ1v) is 7.65. The Balaban J connectivity index is 2.30. The Hall–Kier alpha value is -1.52. The predicted molar refractivity (Wildman–Crippen MR) is 88.2 cm³/mol. The molecule has 3 nitrogen and oxygen atoms in total. The van der Waals surface area contributed by atoms with Crippen molar-refractivity contribution >= 4 is 23.5 Å². The molecule has 0 fully saturated rings. The minimum Gasteiger partial charge on any atom is -0.296 e. The van der Waals surface area contributed by atoms with Crippen molar-refractivity contribution in [2.75, 3.05) is 18.4 Å². The van der Waals surface area contributed by atoms with Crippen molar-refractivity contribution in [3.05, 3.63) is 54.7 Å². The highest BCUT2D eigenvalue weighted by Gasteiger charge is 2.18. The summed E-state index contributed by atoms with van der Waals surface area (Å²) in [6.45, 7) is 2.21. The quantitative estimate of drug-likeness (QED) is 0.586. The summed E-state index contributed by atoms with van der Waals surface area (Å²) in [6, 6.07) is 16.4. The predicted octanol–water partition coefficient (Wildman–Crippen LogP) is 4.17. The zero-order valence-corrected chi connectivity index (χ0v) is 13.0. The van der Waals surface area contributed by atoms with Crippen LogP contribution in [0.1, 0.15) is 13.3 Å². The van der Waals surface area contributed by atoms with Gasteiger partial charge in [0.25, 0.3) is 0 Å². The first-order chi connectivity index (χ1) is 9.72. The second kappa shape index (κ2) is 7.31. The van der Waals surface area contributed by atoms with Crippen LogP contribution in [-0.2, 0) is 0 Å². The van der Waals surface area contributed by atoms with E-state index < -0.39 is 0 Å². The highest BCUT2D eigenvalue weighted by Crippen LogP contribution is 2.34. The molecule has 0 aliphatic carbocycles. The number of hydrogen-bond acceptors (Lipinski definition) is 4. The molecule has 1 aromatic heterocycles. The molecule has 2 rings (SSSR count). The van der Waals surface area contributed by atoms with Crippen LogP contribution in [0.4, 0.5) is 11.5 Å². The molecular weight excluding hydrogens is 266 g/mol. The van der Waals surface area contributed by atoms with Gasteiger partial charge in [-0.2, -0.15) is 0 Å². The van der Waals surface area contributed by atoms with E-state index >= 15 is 0 Å². The SMILES string of the molecule is CCC(SN(c1ccccc1)c1ccccn1)N(C)C. The Kier molecular flexibility index (Phi) is 5.44. The molecule has 1 unspecified atom stereocenters. The van der Waals surface area contributed by atoms with Crippen LogP contribution in [0, 0.1) is 0 Å². The van der Waals surface area contributed by atoms with Crippen LogP contribution < -0.4 is 4.31 Å². The second-order valence-electron chi connectivity index (χ2n) is 4.75. The van der Waals surface area contributed by atoms with Crippen LogP contribution in [0.25, 0.3) is 0 Å². The maximum Gasteiger partial charge on any atom is 0.143 e. The molecule has 0 radical (unpaired) electrons. The minimum atomic E-state index is 0.414. The zero-order chi connectivity index (χ0) is 14.4. The van der Waals surface area contributed by atoms with E-state index in [-0.39, 0.29) is 0 Å². The zero-order valence-electron chi connectivity index (χ0n) is 12.2. The Bertz CT molecular complexity index is 462. The lowest BCUT2D eigenvalue weighted by Crippen LogP contribution is -2.28. The highest BCUT2D eigenvalue weighted by molar-refractivity contribution is 8.01. The summed E-state index contributed by atoms with van der Waals surface area (Å²) in [5, 5.41) is 0.414. The number of para-hydroxylation sites is 1. The molecule has 1 heterocycles. The first kappa shape index (κ1) is 14.9. The van der Waals surface area contributed by atoms with E-state index in [9.17, 15) is 0 Å². The van der Waals surface area contributed by atoms with Crippen LogP contribution in [0.15, 0.2) is 54.7 Å². The molecule has 0 aliphatic rings. The fraction of sp³-hybridized carbons (Fsp3) is 0.312. The lowest BCUT2D eigenvalue weighted by Gasteiger charge is -2.30. The van der Waals surface area contributed by atoms with Gasteiger partial charge in [0.1, 0.15) is 5.82 Å². The summed E-state index contributed by atoms with van der Waals surface area (Å²) in [6.07, 6.45) is 2.91. The van der Waals surface area contributed by atoms with Gasteiger partial charge in [0, 0.05) is 6.20 Å². The molecular formula is C16H21N3S. The van der Waals surface area contributed by atoms with Gasteiger partial charge in [-0.1, -0.05) is 31.2 Å². The number of rotatable bonds is 6. The Labute approximate surface area is 125 Å². The average Bonchev–Trinajstić information content (AvgIpc) is 2.50. The lowest BCUT2D eigenvalue weighted by molar-refractivity contribution is 0.375. The summed E-state index contributed by atoms with van der Waals surface area (Å²) < 4.78 is 2.20. The Morgan fingerprint density at radius 1 is 1.05 bits per heavy atom. The third-order valence-corrected chi connectivity index (χ3v) is 4.61. The van der Waals surface area contributed by atoms with E-state index in [4.69, 9.17) is 0 Å². The molecule has 106 valence electrons. The number of pyridine rings is 1. The molecule has 0 amide bonds. The molecule has 0 spiro atoms. The smallest absolute Gasteiger partial charge is 0.143 e. The van der Waals surface area contributed by atoms with Gasteiger partial charge in [0.05, 0.1) is 11.1 Å². The summed E-state index contributed by atoms with van der Waals surface area (Å²) in [5.74, 6) is 0.962. The first-order valence-electron chi connectivity index (χ1n) is 6.81. The molecule has 0 saturated heterocycles. The molecule has 0 saturated carbocycles. The second-order valence-corrected chi connectivity index (χ2v) is 5.87. The van der Waals surface area contributed by atoms with Crippen molar-refractivity contribution in [3.8, 4) is 0 Å². The van der Waals surface area contributed by atoms with Gasteiger partial charge in [-0.05, 0) is 56.7 Å². The molecule has 0 aliphatic heterocycles. The van der Waals surface area contributed by atoms with Crippen molar-refractivity contribution in [1.82, 2.24) is 9.88 Å². The molecule has 1 aromatic carbocycles. The van der Waals surface area contributed by atoms with Crippen molar-refractivity contribution in [2.24, 2.45) is 0 Å². The van der Waals surface area contributed by atoms with Crippen molar-refractivity contribution in [3.63, 3.8) is 0 Å². The lowest BCUT2D eigenvalue weighted by atomic mass is 10.3. The van der Waals surface area contributed by atoms with Gasteiger partial charge >= 0.3 is 0 Å². The van der Waals surface area contributed by atoms with Gasteiger partial charge in [-0.15, -0.1) is 0 Å². The maximum atomic E-state index is 4.49. The molecule has 1 atom stereocenters. The monoisotopic (exact) mass is 287 g/mol. The van der Waals surface area contributed by atoms with Gasteiger partial charge in [0.2, 0.25) is 0 Å². The number of nitrogens with zero attached hydrogens (tertiary/aromatic N) is 3. The normalized spacial score (nSPS) is 12.4. The standard InChI is InChI=1S/C16H21N3S/c1-4-16(18(2)3)20-19(14-10-6-5-7-11-14)15-12-8-9-13-17-15/h5-13,16H,4H2,1-3H3. The van der Waals surface area contributed by atoms with Crippen molar-refractivity contribution < 1.29 is 0 Å². The third kappa shape index (κ3) is 3.74. The van der Waals surface area contributed by atoms with E-state index in [1.807, 2.05) is 30.5 Å². The van der Waals surface area contributed by atoms with Gasteiger partial charge < -0.3 is 0 Å². The summed E-state index contributed by atoms with van der Waals surface area (Å²) in [4.78, 5) is 6.73. The molecule has 2 aromatic rings. The van der Waals surface area contributed by atoms with Gasteiger partial charge in [-0.25, -0.2) is 4.98 Å². The topological polar surface area (TPSA) is 19.4 Å². The molecule has 0 bridgehead atoms. The van der Waals surface area contributed by atoms with E-state index in [0.29, 0.717) is 5.37 Å². The summed E-state index contributed by atoms with van der Waals surface area (Å²) >= 11 is 1.80. The average molecular weight is 287 g/mol. The van der Waals surface area contributed by atoms with Crippen LogP contribution in [0.2, 0.25) is 0 Å². The molecule has 0 N–H and O–H groups in total. The van der Waals surface area contributed by atoms with Crippen LogP contribution >= 0.6 is 11.9 Å². The van der Waals surface area contributed by atoms with Crippen LogP contribution in [0.5, 0.6) is 0 Å². The number of anilines is 2. The Morgan fingerprint density at radius 2 is 1.75 bits per heavy atom. The fourth-order valence-corrected chi connectivity index (χ4v) is 2.98. The Morgan fingerprint density at radius 3 is 2.30 bits per heavy atom. The fourth-order valence-electron chi connectivity index (χ4n) is 1.94. The van der Waals surface area contributed by atoms with E-state index in [1.165, 1.54) is 0 Å². The summed E-state index contributed by atoms with van der Waals surface area (Å²) in [7, 11) is 4.23.